The Balaban J connectivity index is 2.03. The van der Waals surface area contributed by atoms with Gasteiger partial charge in [0, 0.05) is 12.6 Å². The predicted octanol–water partition coefficient (Wildman–Crippen LogP) is 3.92. The van der Waals surface area contributed by atoms with Gasteiger partial charge < -0.3 is 0 Å². The molecule has 1 aliphatic rings. The maximum absolute atomic E-state index is 12.1. The summed E-state index contributed by atoms with van der Waals surface area (Å²) >= 11 is 0. The highest BCUT2D eigenvalue weighted by atomic mass is 32.2. The van der Waals surface area contributed by atoms with E-state index in [1.165, 1.54) is 11.1 Å². The molecule has 3 nitrogen and oxygen atoms in total. The molecule has 1 fully saturated rings. The molecule has 3 rings (SSSR count). The number of sulfone groups is 1. The van der Waals surface area contributed by atoms with Gasteiger partial charge in [0.1, 0.15) is 0 Å². The van der Waals surface area contributed by atoms with E-state index >= 15 is 0 Å². The fourth-order valence-corrected chi connectivity index (χ4v) is 5.51. The smallest absolute Gasteiger partial charge is 0.151 e. The molecule has 0 unspecified atom stereocenters. The van der Waals surface area contributed by atoms with Crippen molar-refractivity contribution in [2.75, 3.05) is 18.1 Å². The Kier molecular flexibility index (Phi) is 5.60. The molecule has 1 saturated heterocycles. The summed E-state index contributed by atoms with van der Waals surface area (Å²) < 4.78 is 24.2. The van der Waals surface area contributed by atoms with Gasteiger partial charge in [-0.1, -0.05) is 74.5 Å². The summed E-state index contributed by atoms with van der Waals surface area (Å²) in [5, 5.41) is 0. The predicted molar refractivity (Wildman–Crippen MR) is 103 cm³/mol. The minimum absolute atomic E-state index is 0.0813. The first-order valence-corrected chi connectivity index (χ1v) is 10.8. The molecule has 0 bridgehead atoms. The summed E-state index contributed by atoms with van der Waals surface area (Å²) in [4.78, 5) is 2.42. The third-order valence-electron chi connectivity index (χ3n) is 4.82. The Morgan fingerprint density at radius 2 is 1.48 bits per heavy atom. The van der Waals surface area contributed by atoms with Crippen LogP contribution in [0, 0.1) is 5.92 Å². The molecule has 0 aliphatic carbocycles. The second-order valence-corrected chi connectivity index (χ2v) is 9.60. The van der Waals surface area contributed by atoms with Crippen LogP contribution in [0.25, 0.3) is 0 Å². The van der Waals surface area contributed by atoms with Crippen LogP contribution in [0.4, 0.5) is 0 Å². The molecule has 4 heteroatoms. The standard InChI is InChI=1S/C21H27NO2S/c1-17(2)15-22(20-13-14-25(23,24)16-20)21(18-9-5-3-6-10-18)19-11-7-4-8-12-19/h3-12,17,20-21H,13-16H2,1-2H3/t20-/m0/s1. The quantitative estimate of drug-likeness (QED) is 0.786. The molecule has 0 radical (unpaired) electrons. The lowest BCUT2D eigenvalue weighted by Crippen LogP contribution is -2.42. The third kappa shape index (κ3) is 4.50. The number of benzene rings is 2. The van der Waals surface area contributed by atoms with Crippen LogP contribution in [-0.2, 0) is 9.84 Å². The van der Waals surface area contributed by atoms with E-state index in [-0.39, 0.29) is 17.8 Å². The average Bonchev–Trinajstić information content (AvgIpc) is 2.96. The molecular formula is C21H27NO2S. The van der Waals surface area contributed by atoms with Crippen molar-refractivity contribution in [3.8, 4) is 0 Å². The molecule has 25 heavy (non-hydrogen) atoms. The van der Waals surface area contributed by atoms with Gasteiger partial charge in [0.05, 0.1) is 17.5 Å². The Labute approximate surface area is 151 Å². The number of hydrogen-bond acceptors (Lipinski definition) is 3. The first kappa shape index (κ1) is 18.2. The first-order valence-electron chi connectivity index (χ1n) is 9.02. The lowest BCUT2D eigenvalue weighted by Gasteiger charge is -2.38. The van der Waals surface area contributed by atoms with Crippen LogP contribution in [0.3, 0.4) is 0 Å². The molecule has 2 aromatic carbocycles. The Morgan fingerprint density at radius 1 is 0.960 bits per heavy atom. The highest BCUT2D eigenvalue weighted by molar-refractivity contribution is 7.91. The van der Waals surface area contributed by atoms with Crippen molar-refractivity contribution < 1.29 is 8.42 Å². The number of hydrogen-bond donors (Lipinski definition) is 0. The van der Waals surface area contributed by atoms with E-state index in [2.05, 4.69) is 67.3 Å². The normalized spacial score (nSPS) is 19.8. The second-order valence-electron chi connectivity index (χ2n) is 7.37. The van der Waals surface area contributed by atoms with Crippen LogP contribution in [-0.4, -0.2) is 37.4 Å². The Hall–Kier alpha value is -1.65. The van der Waals surface area contributed by atoms with E-state index in [0.29, 0.717) is 11.7 Å². The molecule has 1 aliphatic heterocycles. The van der Waals surface area contributed by atoms with E-state index in [4.69, 9.17) is 0 Å². The lowest BCUT2D eigenvalue weighted by molar-refractivity contribution is 0.150. The maximum atomic E-state index is 12.1. The average molecular weight is 358 g/mol. The van der Waals surface area contributed by atoms with Gasteiger partial charge >= 0.3 is 0 Å². The van der Waals surface area contributed by atoms with Gasteiger partial charge in [-0.15, -0.1) is 0 Å². The van der Waals surface area contributed by atoms with E-state index < -0.39 is 9.84 Å². The van der Waals surface area contributed by atoms with Crippen LogP contribution in [0.1, 0.15) is 37.4 Å². The van der Waals surface area contributed by atoms with Crippen molar-refractivity contribution in [2.45, 2.75) is 32.4 Å². The number of nitrogens with zero attached hydrogens (tertiary/aromatic N) is 1. The molecule has 0 saturated carbocycles. The van der Waals surface area contributed by atoms with E-state index in [0.717, 1.165) is 13.0 Å². The summed E-state index contributed by atoms with van der Waals surface area (Å²) in [6.07, 6.45) is 0.727. The van der Waals surface area contributed by atoms with E-state index in [1.807, 2.05) is 12.1 Å². The Bertz CT molecular complexity index is 733. The minimum Gasteiger partial charge on any atom is -0.288 e. The van der Waals surface area contributed by atoms with Gasteiger partial charge in [-0.25, -0.2) is 8.42 Å². The molecule has 1 atom stereocenters. The van der Waals surface area contributed by atoms with Gasteiger partial charge in [-0.2, -0.15) is 0 Å². The van der Waals surface area contributed by atoms with Gasteiger partial charge in [0.25, 0.3) is 0 Å². The fourth-order valence-electron chi connectivity index (χ4n) is 3.77. The summed E-state index contributed by atoms with van der Waals surface area (Å²) in [6.45, 7) is 5.28. The van der Waals surface area contributed by atoms with Crippen LogP contribution in [0.2, 0.25) is 0 Å². The van der Waals surface area contributed by atoms with Crippen LogP contribution in [0.15, 0.2) is 60.7 Å². The van der Waals surface area contributed by atoms with Crippen molar-refractivity contribution in [1.82, 2.24) is 4.90 Å². The third-order valence-corrected chi connectivity index (χ3v) is 6.57. The van der Waals surface area contributed by atoms with Crippen molar-refractivity contribution in [1.29, 1.82) is 0 Å². The van der Waals surface area contributed by atoms with Gasteiger partial charge in [-0.3, -0.25) is 4.90 Å². The zero-order chi connectivity index (χ0) is 17.9. The SMILES string of the molecule is CC(C)CN(C(c1ccccc1)c1ccccc1)[C@H]1CCS(=O)(=O)C1. The molecule has 2 aromatic rings. The summed E-state index contributed by atoms with van der Waals surface area (Å²) in [5.74, 6) is 1.05. The zero-order valence-electron chi connectivity index (χ0n) is 15.0. The lowest BCUT2D eigenvalue weighted by atomic mass is 9.94. The highest BCUT2D eigenvalue weighted by Crippen LogP contribution is 2.34. The van der Waals surface area contributed by atoms with Gasteiger partial charge in [-0.05, 0) is 23.5 Å². The highest BCUT2D eigenvalue weighted by Gasteiger charge is 2.36. The molecule has 134 valence electrons. The summed E-state index contributed by atoms with van der Waals surface area (Å²) in [6, 6.07) is 21.0. The molecule has 1 heterocycles. The van der Waals surface area contributed by atoms with Crippen molar-refractivity contribution >= 4 is 9.84 Å². The molecule has 0 spiro atoms. The second kappa shape index (κ2) is 7.71. The Morgan fingerprint density at radius 3 is 1.88 bits per heavy atom. The molecular weight excluding hydrogens is 330 g/mol. The van der Waals surface area contributed by atoms with E-state index in [1.54, 1.807) is 0 Å². The van der Waals surface area contributed by atoms with Gasteiger partial charge in [0.2, 0.25) is 0 Å². The van der Waals surface area contributed by atoms with Crippen molar-refractivity contribution in [3.63, 3.8) is 0 Å². The summed E-state index contributed by atoms with van der Waals surface area (Å²) in [7, 11) is -2.92. The van der Waals surface area contributed by atoms with Crippen LogP contribution < -0.4 is 0 Å². The number of rotatable bonds is 6. The van der Waals surface area contributed by atoms with Crippen molar-refractivity contribution in [3.05, 3.63) is 71.8 Å². The minimum atomic E-state index is -2.92. The van der Waals surface area contributed by atoms with Crippen LogP contribution >= 0.6 is 0 Å². The maximum Gasteiger partial charge on any atom is 0.151 e. The zero-order valence-corrected chi connectivity index (χ0v) is 15.8. The fraction of sp³-hybridized carbons (Fsp3) is 0.429. The van der Waals surface area contributed by atoms with E-state index in [9.17, 15) is 8.42 Å². The topological polar surface area (TPSA) is 37.4 Å². The van der Waals surface area contributed by atoms with Gasteiger partial charge in [0.15, 0.2) is 9.84 Å². The first-order chi connectivity index (χ1) is 12.0. The van der Waals surface area contributed by atoms with Crippen molar-refractivity contribution in [2.24, 2.45) is 5.92 Å². The molecule has 0 aromatic heterocycles. The monoisotopic (exact) mass is 357 g/mol. The molecule has 0 N–H and O–H groups in total. The summed E-state index contributed by atoms with van der Waals surface area (Å²) in [5.41, 5.74) is 2.44. The molecule has 0 amide bonds. The largest absolute Gasteiger partial charge is 0.288 e. The van der Waals surface area contributed by atoms with Crippen LogP contribution in [0.5, 0.6) is 0 Å².